The summed E-state index contributed by atoms with van der Waals surface area (Å²) in [5.41, 5.74) is 1.46. The molecule has 0 unspecified atom stereocenters. The molecule has 0 amide bonds. The van der Waals surface area contributed by atoms with Gasteiger partial charge in [-0.1, -0.05) is 23.2 Å². The van der Waals surface area contributed by atoms with Gasteiger partial charge in [-0.25, -0.2) is 8.42 Å². The Hall–Kier alpha value is -1.28. The van der Waals surface area contributed by atoms with Crippen LogP contribution in [0.4, 0.5) is 5.69 Å². The van der Waals surface area contributed by atoms with Gasteiger partial charge in [-0.05, 0) is 25.1 Å². The van der Waals surface area contributed by atoms with Crippen molar-refractivity contribution in [3.05, 3.63) is 40.1 Å². The van der Waals surface area contributed by atoms with Gasteiger partial charge < -0.3 is 4.90 Å². The monoisotopic (exact) mass is 388 g/mol. The van der Waals surface area contributed by atoms with Crippen molar-refractivity contribution in [3.8, 4) is 0 Å². The van der Waals surface area contributed by atoms with Crippen molar-refractivity contribution in [2.75, 3.05) is 31.1 Å². The minimum atomic E-state index is -3.52. The molecule has 0 bridgehead atoms. The van der Waals surface area contributed by atoms with Crippen LogP contribution in [0.5, 0.6) is 0 Å². The molecule has 130 valence electrons. The van der Waals surface area contributed by atoms with E-state index in [2.05, 4.69) is 10.00 Å². The fourth-order valence-electron chi connectivity index (χ4n) is 2.84. The first-order chi connectivity index (χ1) is 11.3. The molecule has 3 rings (SSSR count). The van der Waals surface area contributed by atoms with Crippen LogP contribution in [-0.2, 0) is 17.1 Å². The van der Waals surface area contributed by atoms with Crippen molar-refractivity contribution in [3.63, 3.8) is 0 Å². The van der Waals surface area contributed by atoms with Gasteiger partial charge in [-0.2, -0.15) is 9.40 Å². The first-order valence-corrected chi connectivity index (χ1v) is 9.69. The summed E-state index contributed by atoms with van der Waals surface area (Å²) >= 11 is 12.0. The maximum Gasteiger partial charge on any atom is 0.246 e. The van der Waals surface area contributed by atoms with Crippen molar-refractivity contribution in [2.24, 2.45) is 7.05 Å². The second kappa shape index (κ2) is 6.55. The summed E-state index contributed by atoms with van der Waals surface area (Å²) in [7, 11) is -1.80. The van der Waals surface area contributed by atoms with Gasteiger partial charge in [-0.15, -0.1) is 0 Å². The molecule has 1 aromatic carbocycles. The molecule has 1 aliphatic rings. The Morgan fingerprint density at radius 2 is 1.75 bits per heavy atom. The third kappa shape index (κ3) is 3.26. The zero-order chi connectivity index (χ0) is 17.5. The summed E-state index contributed by atoms with van der Waals surface area (Å²) in [6.45, 7) is 3.72. The van der Waals surface area contributed by atoms with Crippen LogP contribution >= 0.6 is 23.2 Å². The number of nitrogens with zero attached hydrogens (tertiary/aromatic N) is 4. The van der Waals surface area contributed by atoms with E-state index in [0.717, 1.165) is 5.69 Å². The van der Waals surface area contributed by atoms with Crippen molar-refractivity contribution in [1.82, 2.24) is 14.1 Å². The highest BCUT2D eigenvalue weighted by atomic mass is 35.5. The van der Waals surface area contributed by atoms with E-state index in [4.69, 9.17) is 23.2 Å². The number of anilines is 1. The van der Waals surface area contributed by atoms with Gasteiger partial charge in [0.15, 0.2) is 0 Å². The molecular formula is C15H18Cl2N4O2S. The number of aromatic nitrogens is 2. The predicted molar refractivity (Wildman–Crippen MR) is 95.4 cm³/mol. The largest absolute Gasteiger partial charge is 0.369 e. The summed E-state index contributed by atoms with van der Waals surface area (Å²) in [6, 6.07) is 5.45. The number of benzene rings is 1. The maximum absolute atomic E-state index is 12.8. The van der Waals surface area contributed by atoms with Gasteiger partial charge in [0.05, 0.1) is 15.7 Å². The van der Waals surface area contributed by atoms with Gasteiger partial charge in [0.1, 0.15) is 4.90 Å². The van der Waals surface area contributed by atoms with E-state index < -0.39 is 10.0 Å². The molecule has 24 heavy (non-hydrogen) atoms. The molecule has 0 aliphatic carbocycles. The highest BCUT2D eigenvalue weighted by Crippen LogP contribution is 2.28. The quantitative estimate of drug-likeness (QED) is 0.810. The Balaban J connectivity index is 1.75. The van der Waals surface area contributed by atoms with E-state index in [1.165, 1.54) is 8.99 Å². The average molecular weight is 389 g/mol. The zero-order valence-corrected chi connectivity index (χ0v) is 15.7. The minimum absolute atomic E-state index is 0.271. The van der Waals surface area contributed by atoms with Crippen LogP contribution < -0.4 is 4.90 Å². The summed E-state index contributed by atoms with van der Waals surface area (Å²) in [5, 5.41) is 5.13. The Labute approximate surface area is 151 Å². The SMILES string of the molecule is Cc1nn(C)cc1S(=O)(=O)N1CCN(c2ccc(Cl)c(Cl)c2)CC1. The molecule has 6 nitrogen and oxygen atoms in total. The van der Waals surface area contributed by atoms with Gasteiger partial charge in [0.25, 0.3) is 0 Å². The van der Waals surface area contributed by atoms with Crippen LogP contribution in [0.2, 0.25) is 10.0 Å². The molecule has 0 saturated carbocycles. The second-order valence-electron chi connectivity index (χ2n) is 5.74. The Morgan fingerprint density at radius 3 is 2.29 bits per heavy atom. The second-order valence-corrected chi connectivity index (χ2v) is 8.46. The average Bonchev–Trinajstić information content (AvgIpc) is 2.89. The lowest BCUT2D eigenvalue weighted by molar-refractivity contribution is 0.384. The lowest BCUT2D eigenvalue weighted by Gasteiger charge is -2.35. The van der Waals surface area contributed by atoms with Gasteiger partial charge in [-0.3, -0.25) is 4.68 Å². The van der Waals surface area contributed by atoms with Crippen molar-refractivity contribution in [1.29, 1.82) is 0 Å². The minimum Gasteiger partial charge on any atom is -0.369 e. The number of aryl methyl sites for hydroxylation is 2. The van der Waals surface area contributed by atoms with E-state index in [0.29, 0.717) is 41.9 Å². The summed E-state index contributed by atoms with van der Waals surface area (Å²) in [4.78, 5) is 2.37. The molecule has 1 aromatic heterocycles. The lowest BCUT2D eigenvalue weighted by Crippen LogP contribution is -2.48. The number of hydrogen-bond donors (Lipinski definition) is 0. The maximum atomic E-state index is 12.8. The Kier molecular flexibility index (Phi) is 4.79. The molecule has 2 heterocycles. The normalized spacial score (nSPS) is 16.6. The van der Waals surface area contributed by atoms with Crippen LogP contribution in [0.1, 0.15) is 5.69 Å². The first kappa shape index (κ1) is 17.5. The molecule has 0 radical (unpaired) electrons. The number of hydrogen-bond acceptors (Lipinski definition) is 4. The highest BCUT2D eigenvalue weighted by Gasteiger charge is 2.31. The van der Waals surface area contributed by atoms with E-state index in [-0.39, 0.29) is 4.90 Å². The number of sulfonamides is 1. The molecular weight excluding hydrogens is 371 g/mol. The Morgan fingerprint density at radius 1 is 1.08 bits per heavy atom. The fourth-order valence-corrected chi connectivity index (χ4v) is 4.75. The molecule has 0 spiro atoms. The smallest absolute Gasteiger partial charge is 0.246 e. The molecule has 1 saturated heterocycles. The fraction of sp³-hybridized carbons (Fsp3) is 0.400. The lowest BCUT2D eigenvalue weighted by atomic mass is 10.2. The molecule has 1 fully saturated rings. The zero-order valence-electron chi connectivity index (χ0n) is 13.4. The van der Waals surface area contributed by atoms with E-state index in [1.54, 1.807) is 32.3 Å². The van der Waals surface area contributed by atoms with Crippen molar-refractivity contribution in [2.45, 2.75) is 11.8 Å². The standard InChI is InChI=1S/C15H18Cl2N4O2S/c1-11-15(10-19(2)18-11)24(22,23)21-7-5-20(6-8-21)12-3-4-13(16)14(17)9-12/h3-4,9-10H,5-8H2,1-2H3. The molecule has 0 atom stereocenters. The molecule has 2 aromatic rings. The van der Waals surface area contributed by atoms with Crippen LogP contribution in [0, 0.1) is 6.92 Å². The summed E-state index contributed by atoms with van der Waals surface area (Å²) in [5.74, 6) is 0. The number of rotatable bonds is 3. The van der Waals surface area contributed by atoms with Gasteiger partial charge in [0, 0.05) is 45.1 Å². The highest BCUT2D eigenvalue weighted by molar-refractivity contribution is 7.89. The first-order valence-electron chi connectivity index (χ1n) is 7.49. The summed E-state index contributed by atoms with van der Waals surface area (Å²) < 4.78 is 28.6. The van der Waals surface area contributed by atoms with Crippen LogP contribution in [0.25, 0.3) is 0 Å². The molecule has 0 N–H and O–H groups in total. The molecule has 1 aliphatic heterocycles. The Bertz CT molecular complexity index is 858. The van der Waals surface area contributed by atoms with Gasteiger partial charge >= 0.3 is 0 Å². The number of halogens is 2. The van der Waals surface area contributed by atoms with Crippen LogP contribution in [-0.4, -0.2) is 48.7 Å². The van der Waals surface area contributed by atoms with Gasteiger partial charge in [0.2, 0.25) is 10.0 Å². The molecule has 9 heteroatoms. The van der Waals surface area contributed by atoms with Crippen LogP contribution in [0.15, 0.2) is 29.3 Å². The van der Waals surface area contributed by atoms with E-state index in [9.17, 15) is 8.42 Å². The van der Waals surface area contributed by atoms with Crippen molar-refractivity contribution < 1.29 is 8.42 Å². The summed E-state index contributed by atoms with van der Waals surface area (Å²) in [6.07, 6.45) is 1.55. The van der Waals surface area contributed by atoms with E-state index >= 15 is 0 Å². The topological polar surface area (TPSA) is 58.4 Å². The predicted octanol–water partition coefficient (Wildman–Crippen LogP) is 2.55. The third-order valence-electron chi connectivity index (χ3n) is 4.09. The number of piperazine rings is 1. The van der Waals surface area contributed by atoms with Crippen molar-refractivity contribution >= 4 is 38.9 Å². The van der Waals surface area contributed by atoms with Crippen LogP contribution in [0.3, 0.4) is 0 Å². The van der Waals surface area contributed by atoms with E-state index in [1.807, 2.05) is 6.07 Å². The third-order valence-corrected chi connectivity index (χ3v) is 6.83.